The van der Waals surface area contributed by atoms with Crippen molar-refractivity contribution in [3.05, 3.63) is 18.3 Å². The first-order valence-electron chi connectivity index (χ1n) is 4.91. The quantitative estimate of drug-likeness (QED) is 0.824. The Labute approximate surface area is 89.7 Å². The molecule has 1 amide bonds. The highest BCUT2D eigenvalue weighted by Gasteiger charge is 2.05. The summed E-state index contributed by atoms with van der Waals surface area (Å²) in [7, 11) is 1.55. The lowest BCUT2D eigenvalue weighted by atomic mass is 10.1. The number of methoxy groups -OCH3 is 1. The van der Waals surface area contributed by atoms with Crippen LogP contribution in [0.2, 0.25) is 0 Å². The van der Waals surface area contributed by atoms with Crippen molar-refractivity contribution in [2.75, 3.05) is 12.4 Å². The van der Waals surface area contributed by atoms with Gasteiger partial charge in [0.2, 0.25) is 11.8 Å². The van der Waals surface area contributed by atoms with Gasteiger partial charge in [0.15, 0.2) is 0 Å². The molecule has 0 aliphatic rings. The molecule has 15 heavy (non-hydrogen) atoms. The highest BCUT2D eigenvalue weighted by Crippen LogP contribution is 2.11. The lowest BCUT2D eigenvalue weighted by Gasteiger charge is -2.07. The Bertz CT molecular complexity index is 320. The standard InChI is InChI=1S/C11H16N2O2/c1-8(2)6-10(14)13-9-4-5-11(15-3)12-7-9/h4-5,7-8H,6H2,1-3H3,(H,13,14). The highest BCUT2D eigenvalue weighted by molar-refractivity contribution is 5.90. The van der Waals surface area contributed by atoms with Crippen molar-refractivity contribution in [3.8, 4) is 5.88 Å². The normalized spacial score (nSPS) is 10.1. The summed E-state index contributed by atoms with van der Waals surface area (Å²) < 4.78 is 4.91. The zero-order chi connectivity index (χ0) is 11.3. The van der Waals surface area contributed by atoms with Crippen LogP contribution in [0.4, 0.5) is 5.69 Å². The largest absolute Gasteiger partial charge is 0.481 e. The van der Waals surface area contributed by atoms with E-state index in [-0.39, 0.29) is 5.91 Å². The number of aromatic nitrogens is 1. The van der Waals surface area contributed by atoms with Crippen LogP contribution in [0.15, 0.2) is 18.3 Å². The molecule has 0 unspecified atom stereocenters. The lowest BCUT2D eigenvalue weighted by Crippen LogP contribution is -2.13. The molecule has 0 saturated heterocycles. The summed E-state index contributed by atoms with van der Waals surface area (Å²) in [5.74, 6) is 0.907. The first-order chi connectivity index (χ1) is 7.11. The van der Waals surface area contributed by atoms with Crippen molar-refractivity contribution < 1.29 is 9.53 Å². The summed E-state index contributed by atoms with van der Waals surface area (Å²) in [6.07, 6.45) is 2.10. The fraction of sp³-hybridized carbons (Fsp3) is 0.455. The molecule has 1 rings (SSSR count). The molecule has 4 heteroatoms. The number of amides is 1. The molecule has 1 N–H and O–H groups in total. The predicted molar refractivity (Wildman–Crippen MR) is 58.9 cm³/mol. The van der Waals surface area contributed by atoms with Crippen LogP contribution in [-0.2, 0) is 4.79 Å². The zero-order valence-corrected chi connectivity index (χ0v) is 9.28. The molecule has 0 aromatic carbocycles. The van der Waals surface area contributed by atoms with Gasteiger partial charge in [0, 0.05) is 12.5 Å². The number of pyridine rings is 1. The van der Waals surface area contributed by atoms with Crippen molar-refractivity contribution in [3.63, 3.8) is 0 Å². The molecular weight excluding hydrogens is 192 g/mol. The molecule has 1 aromatic heterocycles. The summed E-state index contributed by atoms with van der Waals surface area (Å²) >= 11 is 0. The van der Waals surface area contributed by atoms with Gasteiger partial charge in [-0.15, -0.1) is 0 Å². The fourth-order valence-electron chi connectivity index (χ4n) is 1.16. The minimum absolute atomic E-state index is 0.0111. The topological polar surface area (TPSA) is 51.2 Å². The highest BCUT2D eigenvalue weighted by atomic mass is 16.5. The van der Waals surface area contributed by atoms with Gasteiger partial charge in [-0.25, -0.2) is 4.98 Å². The van der Waals surface area contributed by atoms with Gasteiger partial charge >= 0.3 is 0 Å². The molecule has 0 aliphatic heterocycles. The Morgan fingerprint density at radius 3 is 2.73 bits per heavy atom. The fourth-order valence-corrected chi connectivity index (χ4v) is 1.16. The third kappa shape index (κ3) is 3.97. The monoisotopic (exact) mass is 208 g/mol. The molecule has 0 atom stereocenters. The Morgan fingerprint density at radius 2 is 2.27 bits per heavy atom. The minimum Gasteiger partial charge on any atom is -0.481 e. The Kier molecular flexibility index (Phi) is 4.09. The molecular formula is C11H16N2O2. The predicted octanol–water partition coefficient (Wildman–Crippen LogP) is 2.07. The van der Waals surface area contributed by atoms with Gasteiger partial charge in [-0.05, 0) is 12.0 Å². The number of rotatable bonds is 4. The number of nitrogens with one attached hydrogen (secondary N) is 1. The molecule has 82 valence electrons. The molecule has 0 fully saturated rings. The van der Waals surface area contributed by atoms with Gasteiger partial charge in [-0.3, -0.25) is 4.79 Å². The van der Waals surface area contributed by atoms with E-state index < -0.39 is 0 Å². The Balaban J connectivity index is 2.53. The molecule has 0 spiro atoms. The van der Waals surface area contributed by atoms with E-state index in [1.807, 2.05) is 13.8 Å². The van der Waals surface area contributed by atoms with E-state index >= 15 is 0 Å². The molecule has 0 saturated carbocycles. The van der Waals surface area contributed by atoms with Gasteiger partial charge in [0.25, 0.3) is 0 Å². The van der Waals surface area contributed by atoms with Crippen molar-refractivity contribution in [1.82, 2.24) is 4.98 Å². The van der Waals surface area contributed by atoms with Crippen LogP contribution < -0.4 is 10.1 Å². The molecule has 0 aliphatic carbocycles. The van der Waals surface area contributed by atoms with E-state index in [2.05, 4.69) is 10.3 Å². The first kappa shape index (κ1) is 11.5. The number of nitrogens with zero attached hydrogens (tertiary/aromatic N) is 1. The second-order valence-corrected chi connectivity index (χ2v) is 3.74. The van der Waals surface area contributed by atoms with E-state index in [9.17, 15) is 4.79 Å². The van der Waals surface area contributed by atoms with Crippen molar-refractivity contribution in [1.29, 1.82) is 0 Å². The Hall–Kier alpha value is -1.58. The number of anilines is 1. The van der Waals surface area contributed by atoms with E-state index in [0.29, 0.717) is 23.9 Å². The average molecular weight is 208 g/mol. The van der Waals surface area contributed by atoms with Crippen LogP contribution in [0.3, 0.4) is 0 Å². The van der Waals surface area contributed by atoms with Gasteiger partial charge in [-0.2, -0.15) is 0 Å². The van der Waals surface area contributed by atoms with E-state index in [1.54, 1.807) is 25.4 Å². The molecule has 1 heterocycles. The maximum Gasteiger partial charge on any atom is 0.224 e. The van der Waals surface area contributed by atoms with Crippen LogP contribution in [0.1, 0.15) is 20.3 Å². The van der Waals surface area contributed by atoms with Crippen molar-refractivity contribution in [2.45, 2.75) is 20.3 Å². The lowest BCUT2D eigenvalue weighted by molar-refractivity contribution is -0.116. The first-order valence-corrected chi connectivity index (χ1v) is 4.91. The van der Waals surface area contributed by atoms with Crippen LogP contribution in [0, 0.1) is 5.92 Å². The smallest absolute Gasteiger partial charge is 0.224 e. The minimum atomic E-state index is 0.0111. The van der Waals surface area contributed by atoms with Gasteiger partial charge in [0.05, 0.1) is 19.0 Å². The maximum absolute atomic E-state index is 11.4. The van der Waals surface area contributed by atoms with Gasteiger partial charge < -0.3 is 10.1 Å². The third-order valence-corrected chi connectivity index (χ3v) is 1.82. The third-order valence-electron chi connectivity index (χ3n) is 1.82. The second kappa shape index (κ2) is 5.34. The van der Waals surface area contributed by atoms with Gasteiger partial charge in [-0.1, -0.05) is 13.8 Å². The van der Waals surface area contributed by atoms with Crippen LogP contribution >= 0.6 is 0 Å². The number of carbonyl (C=O) groups excluding carboxylic acids is 1. The number of ether oxygens (including phenoxy) is 1. The summed E-state index contributed by atoms with van der Waals surface area (Å²) in [5.41, 5.74) is 0.696. The summed E-state index contributed by atoms with van der Waals surface area (Å²) in [4.78, 5) is 15.4. The molecule has 1 aromatic rings. The van der Waals surface area contributed by atoms with Crippen LogP contribution in [0.25, 0.3) is 0 Å². The summed E-state index contributed by atoms with van der Waals surface area (Å²) in [6.45, 7) is 4.01. The zero-order valence-electron chi connectivity index (χ0n) is 9.28. The summed E-state index contributed by atoms with van der Waals surface area (Å²) in [6, 6.07) is 3.48. The van der Waals surface area contributed by atoms with Gasteiger partial charge in [0.1, 0.15) is 0 Å². The van der Waals surface area contributed by atoms with Crippen molar-refractivity contribution in [2.24, 2.45) is 5.92 Å². The molecule has 0 bridgehead atoms. The number of hydrogen-bond acceptors (Lipinski definition) is 3. The van der Waals surface area contributed by atoms with E-state index in [1.165, 1.54) is 0 Å². The number of hydrogen-bond donors (Lipinski definition) is 1. The summed E-state index contributed by atoms with van der Waals surface area (Å²) in [5, 5.41) is 2.77. The SMILES string of the molecule is COc1ccc(NC(=O)CC(C)C)cn1. The van der Waals surface area contributed by atoms with Crippen LogP contribution in [-0.4, -0.2) is 18.0 Å². The number of carbonyl (C=O) groups is 1. The maximum atomic E-state index is 11.4. The van der Waals surface area contributed by atoms with E-state index in [4.69, 9.17) is 4.74 Å². The van der Waals surface area contributed by atoms with Crippen molar-refractivity contribution >= 4 is 11.6 Å². The van der Waals surface area contributed by atoms with E-state index in [0.717, 1.165) is 0 Å². The van der Waals surface area contributed by atoms with Crippen LogP contribution in [0.5, 0.6) is 5.88 Å². The molecule has 4 nitrogen and oxygen atoms in total. The second-order valence-electron chi connectivity index (χ2n) is 3.74. The average Bonchev–Trinajstić information content (AvgIpc) is 2.17. The molecule has 0 radical (unpaired) electrons. The Morgan fingerprint density at radius 1 is 1.53 bits per heavy atom.